The standard InChI is InChI=1S/C13H14O4/c1-6(2)10-11(13(15)17-12(10)14)9-5-7(3)16-8(9)4/h5,11H,1-4H3. The van der Waals surface area contributed by atoms with Gasteiger partial charge in [0.25, 0.3) is 0 Å². The third kappa shape index (κ3) is 1.79. The van der Waals surface area contributed by atoms with Gasteiger partial charge in [-0.15, -0.1) is 0 Å². The lowest BCUT2D eigenvalue weighted by Crippen LogP contribution is -2.08. The molecule has 2 rings (SSSR count). The Kier molecular flexibility index (Phi) is 2.65. The molecule has 4 heteroatoms. The maximum Gasteiger partial charge on any atom is 0.342 e. The van der Waals surface area contributed by atoms with E-state index < -0.39 is 17.9 Å². The Morgan fingerprint density at radius 3 is 2.35 bits per heavy atom. The van der Waals surface area contributed by atoms with Gasteiger partial charge in [0, 0.05) is 5.56 Å². The topological polar surface area (TPSA) is 56.5 Å². The lowest BCUT2D eigenvalue weighted by atomic mass is 9.90. The minimum atomic E-state index is -0.634. The zero-order valence-corrected chi connectivity index (χ0v) is 10.3. The highest BCUT2D eigenvalue weighted by atomic mass is 16.6. The number of allylic oxidation sites excluding steroid dienone is 1. The molecule has 1 aromatic rings. The summed E-state index contributed by atoms with van der Waals surface area (Å²) < 4.78 is 10.1. The molecule has 1 fully saturated rings. The molecule has 1 aliphatic heterocycles. The van der Waals surface area contributed by atoms with Gasteiger partial charge in [0.2, 0.25) is 0 Å². The highest BCUT2D eigenvalue weighted by Gasteiger charge is 2.42. The van der Waals surface area contributed by atoms with Crippen molar-refractivity contribution >= 4 is 11.9 Å². The quantitative estimate of drug-likeness (QED) is 0.425. The van der Waals surface area contributed by atoms with Crippen LogP contribution in [0.1, 0.15) is 36.8 Å². The summed E-state index contributed by atoms with van der Waals surface area (Å²) in [6.45, 7) is 7.18. The van der Waals surface area contributed by atoms with Gasteiger partial charge >= 0.3 is 11.9 Å². The van der Waals surface area contributed by atoms with Crippen molar-refractivity contribution in [2.24, 2.45) is 0 Å². The molecule has 0 bridgehead atoms. The predicted molar refractivity (Wildman–Crippen MR) is 60.4 cm³/mol. The van der Waals surface area contributed by atoms with Crippen molar-refractivity contribution in [2.75, 3.05) is 0 Å². The van der Waals surface area contributed by atoms with Crippen molar-refractivity contribution in [1.82, 2.24) is 0 Å². The third-order valence-corrected chi connectivity index (χ3v) is 2.87. The number of esters is 2. The average Bonchev–Trinajstić information content (AvgIpc) is 2.66. The van der Waals surface area contributed by atoms with Crippen molar-refractivity contribution < 1.29 is 18.7 Å². The summed E-state index contributed by atoms with van der Waals surface area (Å²) in [5, 5.41) is 0. The first kappa shape index (κ1) is 11.6. The van der Waals surface area contributed by atoms with Gasteiger partial charge in [-0.3, -0.25) is 4.79 Å². The normalized spacial score (nSPS) is 19.8. The molecule has 0 radical (unpaired) electrons. The largest absolute Gasteiger partial charge is 0.466 e. The molecule has 0 N–H and O–H groups in total. The Bertz CT molecular complexity index is 530. The van der Waals surface area contributed by atoms with Gasteiger partial charge in [0.15, 0.2) is 0 Å². The van der Waals surface area contributed by atoms with Crippen LogP contribution in [0.4, 0.5) is 0 Å². The third-order valence-electron chi connectivity index (χ3n) is 2.87. The van der Waals surface area contributed by atoms with E-state index in [4.69, 9.17) is 4.42 Å². The first-order valence-corrected chi connectivity index (χ1v) is 5.42. The van der Waals surface area contributed by atoms with Crippen LogP contribution in [-0.4, -0.2) is 11.9 Å². The summed E-state index contributed by atoms with van der Waals surface area (Å²) in [4.78, 5) is 23.3. The smallest absolute Gasteiger partial charge is 0.342 e. The van der Waals surface area contributed by atoms with Gasteiger partial charge in [-0.05, 0) is 33.8 Å². The summed E-state index contributed by atoms with van der Waals surface area (Å²) in [6, 6.07) is 1.78. The predicted octanol–water partition coefficient (Wildman–Crippen LogP) is 2.40. The van der Waals surface area contributed by atoms with Crippen LogP contribution in [0.3, 0.4) is 0 Å². The van der Waals surface area contributed by atoms with Crippen molar-refractivity contribution in [3.63, 3.8) is 0 Å². The van der Waals surface area contributed by atoms with Crippen LogP contribution in [0.5, 0.6) is 0 Å². The molecule has 0 aliphatic carbocycles. The molecule has 90 valence electrons. The van der Waals surface area contributed by atoms with E-state index in [-0.39, 0.29) is 0 Å². The number of rotatable bonds is 1. The molecule has 1 atom stereocenters. The lowest BCUT2D eigenvalue weighted by molar-refractivity contribution is -0.151. The van der Waals surface area contributed by atoms with Crippen LogP contribution in [0.15, 0.2) is 21.6 Å². The van der Waals surface area contributed by atoms with Crippen molar-refractivity contribution in [3.8, 4) is 0 Å². The average molecular weight is 234 g/mol. The number of carbonyl (C=O) groups is 2. The molecule has 1 saturated heterocycles. The first-order valence-electron chi connectivity index (χ1n) is 5.42. The molecule has 1 aromatic heterocycles. The molecule has 1 aliphatic rings. The van der Waals surface area contributed by atoms with Gasteiger partial charge in [-0.1, -0.05) is 5.57 Å². The minimum absolute atomic E-state index is 0.430. The van der Waals surface area contributed by atoms with E-state index in [1.54, 1.807) is 33.8 Å². The van der Waals surface area contributed by atoms with E-state index in [0.29, 0.717) is 11.3 Å². The lowest BCUT2D eigenvalue weighted by Gasteiger charge is -2.06. The highest BCUT2D eigenvalue weighted by Crippen LogP contribution is 2.37. The number of aryl methyl sites for hydroxylation is 2. The van der Waals surface area contributed by atoms with Gasteiger partial charge in [-0.25, -0.2) is 4.79 Å². The van der Waals surface area contributed by atoms with Crippen LogP contribution in [0, 0.1) is 13.8 Å². The molecule has 0 amide bonds. The zero-order chi connectivity index (χ0) is 12.7. The summed E-state index contributed by atoms with van der Waals surface area (Å²) in [5.74, 6) is -0.325. The summed E-state index contributed by atoms with van der Waals surface area (Å²) >= 11 is 0. The Morgan fingerprint density at radius 2 is 1.88 bits per heavy atom. The molecule has 0 aromatic carbocycles. The second-order valence-electron chi connectivity index (χ2n) is 4.42. The van der Waals surface area contributed by atoms with Crippen LogP contribution in [0.25, 0.3) is 0 Å². The van der Waals surface area contributed by atoms with Crippen LogP contribution < -0.4 is 0 Å². The van der Waals surface area contributed by atoms with Gasteiger partial charge in [0.05, 0.1) is 5.57 Å². The summed E-state index contributed by atoms with van der Waals surface area (Å²) in [7, 11) is 0. The zero-order valence-electron chi connectivity index (χ0n) is 10.3. The maximum atomic E-state index is 11.7. The van der Waals surface area contributed by atoms with E-state index in [0.717, 1.165) is 16.9 Å². The van der Waals surface area contributed by atoms with E-state index in [1.807, 2.05) is 0 Å². The van der Waals surface area contributed by atoms with Gasteiger partial charge in [0.1, 0.15) is 17.4 Å². The second-order valence-corrected chi connectivity index (χ2v) is 4.42. The molecule has 4 nitrogen and oxygen atoms in total. The second kappa shape index (κ2) is 3.87. The number of hydrogen-bond donors (Lipinski definition) is 0. The maximum absolute atomic E-state index is 11.7. The number of cyclic esters (lactones) is 2. The number of ether oxygens (including phenoxy) is 1. The molecular formula is C13H14O4. The molecule has 17 heavy (non-hydrogen) atoms. The molecule has 1 unspecified atom stereocenters. The van der Waals surface area contributed by atoms with E-state index in [2.05, 4.69) is 4.74 Å². The van der Waals surface area contributed by atoms with Crippen molar-refractivity contribution in [2.45, 2.75) is 33.6 Å². The molecule has 0 spiro atoms. The summed E-state index contributed by atoms with van der Waals surface area (Å²) in [5.41, 5.74) is 1.94. The van der Waals surface area contributed by atoms with E-state index >= 15 is 0 Å². The summed E-state index contributed by atoms with van der Waals surface area (Å²) in [6.07, 6.45) is 0. The van der Waals surface area contributed by atoms with Crippen LogP contribution in [0.2, 0.25) is 0 Å². The van der Waals surface area contributed by atoms with Crippen molar-refractivity contribution in [3.05, 3.63) is 34.3 Å². The Balaban J connectivity index is 2.57. The van der Waals surface area contributed by atoms with E-state index in [1.165, 1.54) is 0 Å². The fourth-order valence-electron chi connectivity index (χ4n) is 2.15. The van der Waals surface area contributed by atoms with Crippen molar-refractivity contribution in [1.29, 1.82) is 0 Å². The number of hydrogen-bond acceptors (Lipinski definition) is 4. The fourth-order valence-corrected chi connectivity index (χ4v) is 2.15. The van der Waals surface area contributed by atoms with Gasteiger partial charge in [-0.2, -0.15) is 0 Å². The van der Waals surface area contributed by atoms with E-state index in [9.17, 15) is 9.59 Å². The number of furan rings is 1. The van der Waals surface area contributed by atoms with Crippen LogP contribution in [-0.2, 0) is 14.3 Å². The highest BCUT2D eigenvalue weighted by molar-refractivity contribution is 6.10. The van der Waals surface area contributed by atoms with Gasteiger partial charge < -0.3 is 9.15 Å². The Hall–Kier alpha value is -1.84. The minimum Gasteiger partial charge on any atom is -0.466 e. The SMILES string of the molecule is CC(C)=C1C(=O)OC(=O)C1c1cc(C)oc1C. The molecule has 0 saturated carbocycles. The molecule has 2 heterocycles. The first-order chi connectivity index (χ1) is 7.91. The Labute approximate surface area is 99.3 Å². The molecular weight excluding hydrogens is 220 g/mol. The fraction of sp³-hybridized carbons (Fsp3) is 0.385. The monoisotopic (exact) mass is 234 g/mol. The Morgan fingerprint density at radius 1 is 1.24 bits per heavy atom. The van der Waals surface area contributed by atoms with Crippen LogP contribution >= 0.6 is 0 Å². The number of carbonyl (C=O) groups excluding carboxylic acids is 2.